The largest absolute Gasteiger partial charge is 0.496 e. The summed E-state index contributed by atoms with van der Waals surface area (Å²) in [6.45, 7) is 2.29. The molecule has 2 aromatic rings. The first-order valence-electron chi connectivity index (χ1n) is 7.69. The molecule has 2 N–H and O–H groups in total. The van der Waals surface area contributed by atoms with Crippen LogP contribution in [0, 0.1) is 5.92 Å². The molecule has 0 aliphatic carbocycles. The molecule has 1 amide bonds. The third-order valence-corrected chi connectivity index (χ3v) is 4.42. The van der Waals surface area contributed by atoms with Gasteiger partial charge in [-0.15, -0.1) is 0 Å². The van der Waals surface area contributed by atoms with E-state index < -0.39 is 6.10 Å². The Hall–Kier alpha value is -1.85. The van der Waals surface area contributed by atoms with Gasteiger partial charge < -0.3 is 15.2 Å². The maximum atomic E-state index is 12.0. The molecule has 0 spiro atoms. The lowest BCUT2D eigenvalue weighted by atomic mass is 9.97. The standard InChI is InChI=1S/C18H23NO3S/c1-13(9-14-5-3-4-6-17(14)22-2)10-18(21)19-11-16(20)15-7-8-23-12-15/h3-8,12-13,16,20H,9-11H2,1-2H3,(H,19,21). The van der Waals surface area contributed by atoms with E-state index in [-0.39, 0.29) is 18.4 Å². The van der Waals surface area contributed by atoms with Crippen LogP contribution in [-0.4, -0.2) is 24.7 Å². The number of hydrogen-bond donors (Lipinski definition) is 2. The topological polar surface area (TPSA) is 58.6 Å². The molecule has 1 heterocycles. The van der Waals surface area contributed by atoms with E-state index >= 15 is 0 Å². The Labute approximate surface area is 141 Å². The van der Waals surface area contributed by atoms with Gasteiger partial charge in [0.05, 0.1) is 13.2 Å². The quantitative estimate of drug-likeness (QED) is 0.780. The van der Waals surface area contributed by atoms with Gasteiger partial charge in [0.1, 0.15) is 5.75 Å². The number of ether oxygens (including phenoxy) is 1. The molecule has 2 atom stereocenters. The lowest BCUT2D eigenvalue weighted by Gasteiger charge is -2.15. The minimum atomic E-state index is -0.644. The van der Waals surface area contributed by atoms with Crippen molar-refractivity contribution in [2.75, 3.05) is 13.7 Å². The zero-order valence-corrected chi connectivity index (χ0v) is 14.3. The van der Waals surface area contributed by atoms with Crippen LogP contribution in [0.1, 0.15) is 30.6 Å². The Bertz CT molecular complexity index is 612. The number of amides is 1. The minimum Gasteiger partial charge on any atom is -0.496 e. The second-order valence-electron chi connectivity index (χ2n) is 5.70. The highest BCUT2D eigenvalue weighted by Gasteiger charge is 2.14. The highest BCUT2D eigenvalue weighted by atomic mass is 32.1. The van der Waals surface area contributed by atoms with Gasteiger partial charge in [0.2, 0.25) is 5.91 Å². The molecular weight excluding hydrogens is 310 g/mol. The molecule has 0 aliphatic rings. The van der Waals surface area contributed by atoms with Gasteiger partial charge in [0.15, 0.2) is 0 Å². The average molecular weight is 333 g/mol. The van der Waals surface area contributed by atoms with Crippen molar-refractivity contribution in [1.82, 2.24) is 5.32 Å². The number of methoxy groups -OCH3 is 1. The van der Waals surface area contributed by atoms with Gasteiger partial charge in [-0.25, -0.2) is 0 Å². The normalized spacial score (nSPS) is 13.3. The number of aliphatic hydroxyl groups excluding tert-OH is 1. The molecule has 0 saturated heterocycles. The predicted molar refractivity (Wildman–Crippen MR) is 92.8 cm³/mol. The predicted octanol–water partition coefficient (Wildman–Crippen LogP) is 3.18. The van der Waals surface area contributed by atoms with Crippen molar-refractivity contribution in [2.45, 2.75) is 25.9 Å². The van der Waals surface area contributed by atoms with Gasteiger partial charge in [0.25, 0.3) is 0 Å². The first-order valence-corrected chi connectivity index (χ1v) is 8.63. The van der Waals surface area contributed by atoms with Crippen LogP contribution in [0.3, 0.4) is 0 Å². The fourth-order valence-corrected chi connectivity index (χ4v) is 3.21. The Morgan fingerprint density at radius 2 is 2.13 bits per heavy atom. The fourth-order valence-electron chi connectivity index (χ4n) is 2.50. The summed E-state index contributed by atoms with van der Waals surface area (Å²) in [7, 11) is 1.65. The van der Waals surface area contributed by atoms with Gasteiger partial charge in [-0.2, -0.15) is 11.3 Å². The SMILES string of the molecule is COc1ccccc1CC(C)CC(=O)NCC(O)c1ccsc1. The molecule has 0 saturated carbocycles. The lowest BCUT2D eigenvalue weighted by Crippen LogP contribution is -2.29. The zero-order valence-electron chi connectivity index (χ0n) is 13.5. The Balaban J connectivity index is 1.78. The van der Waals surface area contributed by atoms with E-state index in [1.165, 1.54) is 11.3 Å². The van der Waals surface area contributed by atoms with Gasteiger partial charge in [-0.05, 0) is 46.4 Å². The number of benzene rings is 1. The van der Waals surface area contributed by atoms with Crippen LogP contribution in [0.25, 0.3) is 0 Å². The third-order valence-electron chi connectivity index (χ3n) is 3.72. The second-order valence-corrected chi connectivity index (χ2v) is 6.48. The molecule has 0 radical (unpaired) electrons. The Morgan fingerprint density at radius 3 is 2.83 bits per heavy atom. The van der Waals surface area contributed by atoms with Gasteiger partial charge in [0, 0.05) is 13.0 Å². The van der Waals surface area contributed by atoms with Crippen LogP contribution in [0.15, 0.2) is 41.1 Å². The van der Waals surface area contributed by atoms with Crippen molar-refractivity contribution in [1.29, 1.82) is 0 Å². The van der Waals surface area contributed by atoms with Crippen LogP contribution in [0.5, 0.6) is 5.75 Å². The maximum Gasteiger partial charge on any atom is 0.220 e. The van der Waals surface area contributed by atoms with Crippen molar-refractivity contribution in [2.24, 2.45) is 5.92 Å². The van der Waals surface area contributed by atoms with Crippen LogP contribution >= 0.6 is 11.3 Å². The summed E-state index contributed by atoms with van der Waals surface area (Å²) in [4.78, 5) is 12.0. The van der Waals surface area contributed by atoms with E-state index in [9.17, 15) is 9.90 Å². The molecule has 0 fully saturated rings. The molecular formula is C18H23NO3S. The summed E-state index contributed by atoms with van der Waals surface area (Å²) in [5.41, 5.74) is 1.95. The van der Waals surface area contributed by atoms with Crippen molar-refractivity contribution >= 4 is 17.2 Å². The highest BCUT2D eigenvalue weighted by Crippen LogP contribution is 2.22. The van der Waals surface area contributed by atoms with Crippen molar-refractivity contribution in [3.05, 3.63) is 52.2 Å². The van der Waals surface area contributed by atoms with Crippen LogP contribution in [0.2, 0.25) is 0 Å². The summed E-state index contributed by atoms with van der Waals surface area (Å²) in [5, 5.41) is 16.6. The highest BCUT2D eigenvalue weighted by molar-refractivity contribution is 7.07. The third kappa shape index (κ3) is 5.37. The summed E-state index contributed by atoms with van der Waals surface area (Å²) >= 11 is 1.53. The number of carbonyl (C=O) groups is 1. The summed E-state index contributed by atoms with van der Waals surface area (Å²) in [6, 6.07) is 9.73. The monoisotopic (exact) mass is 333 g/mol. The first kappa shape index (κ1) is 17.5. The minimum absolute atomic E-state index is 0.0401. The molecule has 5 heteroatoms. The number of carbonyl (C=O) groups excluding carboxylic acids is 1. The van der Waals surface area contributed by atoms with Crippen molar-refractivity contribution < 1.29 is 14.6 Å². The van der Waals surface area contributed by atoms with E-state index in [0.29, 0.717) is 6.42 Å². The van der Waals surface area contributed by atoms with Crippen LogP contribution < -0.4 is 10.1 Å². The molecule has 1 aromatic heterocycles. The van der Waals surface area contributed by atoms with Crippen LogP contribution in [-0.2, 0) is 11.2 Å². The summed E-state index contributed by atoms with van der Waals surface area (Å²) < 4.78 is 5.34. The van der Waals surface area contributed by atoms with E-state index in [4.69, 9.17) is 4.74 Å². The van der Waals surface area contributed by atoms with E-state index in [0.717, 1.165) is 23.3 Å². The zero-order chi connectivity index (χ0) is 16.7. The number of rotatable bonds is 8. The molecule has 2 rings (SSSR count). The van der Waals surface area contributed by atoms with Crippen molar-refractivity contribution in [3.63, 3.8) is 0 Å². The number of aliphatic hydroxyl groups is 1. The van der Waals surface area contributed by atoms with Crippen molar-refractivity contribution in [3.8, 4) is 5.75 Å². The number of thiophene rings is 1. The lowest BCUT2D eigenvalue weighted by molar-refractivity contribution is -0.122. The smallest absolute Gasteiger partial charge is 0.220 e. The van der Waals surface area contributed by atoms with E-state index in [1.807, 2.05) is 48.0 Å². The summed E-state index contributed by atoms with van der Waals surface area (Å²) in [6.07, 6.45) is 0.563. The fraction of sp³-hybridized carbons (Fsp3) is 0.389. The van der Waals surface area contributed by atoms with Gasteiger partial charge in [-0.3, -0.25) is 4.79 Å². The second kappa shape index (κ2) is 8.70. The number of para-hydroxylation sites is 1. The molecule has 23 heavy (non-hydrogen) atoms. The summed E-state index contributed by atoms with van der Waals surface area (Å²) in [5.74, 6) is 1.01. The maximum absolute atomic E-state index is 12.0. The molecule has 1 aromatic carbocycles. The first-order chi connectivity index (χ1) is 11.1. The molecule has 2 unspecified atom stereocenters. The molecule has 0 bridgehead atoms. The average Bonchev–Trinajstić information content (AvgIpc) is 3.07. The molecule has 0 aliphatic heterocycles. The molecule has 124 valence electrons. The van der Waals surface area contributed by atoms with Crippen LogP contribution in [0.4, 0.5) is 0 Å². The van der Waals surface area contributed by atoms with Gasteiger partial charge in [-0.1, -0.05) is 25.1 Å². The Kier molecular flexibility index (Phi) is 6.62. The van der Waals surface area contributed by atoms with Gasteiger partial charge >= 0.3 is 0 Å². The van der Waals surface area contributed by atoms with E-state index in [1.54, 1.807) is 7.11 Å². The van der Waals surface area contributed by atoms with E-state index in [2.05, 4.69) is 5.32 Å². The Morgan fingerprint density at radius 1 is 1.35 bits per heavy atom. The molecule has 4 nitrogen and oxygen atoms in total. The number of nitrogens with one attached hydrogen (secondary N) is 1. The number of hydrogen-bond acceptors (Lipinski definition) is 4.